The molecular weight excluding hydrogens is 369 g/mol. The molecule has 24 heavy (non-hydrogen) atoms. The molecule has 0 fully saturated rings. The molecule has 1 amide bonds. The molecule has 0 saturated heterocycles. The summed E-state index contributed by atoms with van der Waals surface area (Å²) in [6.45, 7) is 0. The molecule has 1 N–H and O–H groups in total. The van der Waals surface area contributed by atoms with Gasteiger partial charge in [-0.1, -0.05) is 65.1 Å². The highest BCUT2D eigenvalue weighted by Gasteiger charge is 2.12. The molecule has 120 valence electrons. The van der Waals surface area contributed by atoms with Gasteiger partial charge in [-0.05, 0) is 12.1 Å². The number of hydrogen-bond donors (Lipinski definition) is 1. The van der Waals surface area contributed by atoms with Crippen LogP contribution in [-0.2, 0) is 0 Å². The zero-order valence-corrected chi connectivity index (χ0v) is 14.4. The number of benzene rings is 2. The molecular formula is C17H10Cl3N3O. The van der Waals surface area contributed by atoms with E-state index in [9.17, 15) is 4.79 Å². The Labute approximate surface area is 153 Å². The van der Waals surface area contributed by atoms with Crippen molar-refractivity contribution < 1.29 is 4.79 Å². The van der Waals surface area contributed by atoms with Gasteiger partial charge in [-0.25, -0.2) is 9.97 Å². The first-order chi connectivity index (χ1) is 11.5. The molecule has 0 bridgehead atoms. The van der Waals surface area contributed by atoms with Crippen molar-refractivity contribution in [3.8, 4) is 11.4 Å². The van der Waals surface area contributed by atoms with Crippen LogP contribution in [0.25, 0.3) is 11.4 Å². The topological polar surface area (TPSA) is 54.9 Å². The third kappa shape index (κ3) is 3.67. The summed E-state index contributed by atoms with van der Waals surface area (Å²) in [6, 6.07) is 12.4. The fraction of sp³-hybridized carbons (Fsp3) is 0. The lowest BCUT2D eigenvalue weighted by molar-refractivity contribution is 0.102. The SMILES string of the molecule is O=C(Nc1cc(Cl)c(Cl)cc1Cl)c1cnc(-c2ccccc2)nc1. The van der Waals surface area contributed by atoms with Gasteiger partial charge in [-0.15, -0.1) is 0 Å². The van der Waals surface area contributed by atoms with Gasteiger partial charge in [0.05, 0.1) is 26.3 Å². The first-order valence-electron chi connectivity index (χ1n) is 6.88. The predicted octanol–water partition coefficient (Wildman–Crippen LogP) is 5.36. The van der Waals surface area contributed by atoms with Crippen LogP contribution in [0.3, 0.4) is 0 Å². The molecule has 1 aromatic heterocycles. The fourth-order valence-electron chi connectivity index (χ4n) is 1.99. The highest BCUT2D eigenvalue weighted by atomic mass is 35.5. The van der Waals surface area contributed by atoms with Crippen molar-refractivity contribution in [1.29, 1.82) is 0 Å². The largest absolute Gasteiger partial charge is 0.320 e. The van der Waals surface area contributed by atoms with Crippen LogP contribution in [0.15, 0.2) is 54.9 Å². The van der Waals surface area contributed by atoms with Crippen molar-refractivity contribution in [2.24, 2.45) is 0 Å². The Balaban J connectivity index is 1.80. The van der Waals surface area contributed by atoms with E-state index in [0.29, 0.717) is 32.1 Å². The van der Waals surface area contributed by atoms with E-state index in [1.54, 1.807) is 0 Å². The molecule has 0 aliphatic carbocycles. The van der Waals surface area contributed by atoms with Crippen molar-refractivity contribution in [1.82, 2.24) is 9.97 Å². The Morgan fingerprint density at radius 2 is 1.50 bits per heavy atom. The lowest BCUT2D eigenvalue weighted by Crippen LogP contribution is -2.13. The Morgan fingerprint density at radius 1 is 0.875 bits per heavy atom. The van der Waals surface area contributed by atoms with Crippen molar-refractivity contribution >= 4 is 46.4 Å². The van der Waals surface area contributed by atoms with Gasteiger partial charge in [0, 0.05) is 18.0 Å². The number of amides is 1. The summed E-state index contributed by atoms with van der Waals surface area (Å²) < 4.78 is 0. The van der Waals surface area contributed by atoms with E-state index in [-0.39, 0.29) is 0 Å². The van der Waals surface area contributed by atoms with Crippen molar-refractivity contribution in [3.63, 3.8) is 0 Å². The van der Waals surface area contributed by atoms with Crippen LogP contribution in [0.1, 0.15) is 10.4 Å². The predicted molar refractivity (Wildman–Crippen MR) is 96.9 cm³/mol. The zero-order valence-electron chi connectivity index (χ0n) is 12.1. The molecule has 0 saturated carbocycles. The van der Waals surface area contributed by atoms with Crippen LogP contribution >= 0.6 is 34.8 Å². The quantitative estimate of drug-likeness (QED) is 0.624. The zero-order chi connectivity index (χ0) is 17.1. The number of carbonyl (C=O) groups is 1. The summed E-state index contributed by atoms with van der Waals surface area (Å²) in [5, 5.41) is 3.56. The highest BCUT2D eigenvalue weighted by molar-refractivity contribution is 6.44. The summed E-state index contributed by atoms with van der Waals surface area (Å²) in [4.78, 5) is 20.7. The third-order valence-corrected chi connectivity index (χ3v) is 4.24. The Kier molecular flexibility index (Phi) is 5.00. The number of nitrogens with one attached hydrogen (secondary N) is 1. The molecule has 3 rings (SSSR count). The van der Waals surface area contributed by atoms with E-state index in [1.165, 1.54) is 24.5 Å². The van der Waals surface area contributed by atoms with Crippen LogP contribution in [0, 0.1) is 0 Å². The average Bonchev–Trinajstić information content (AvgIpc) is 2.60. The lowest BCUT2D eigenvalue weighted by atomic mass is 10.2. The molecule has 0 aliphatic rings. The molecule has 0 unspecified atom stereocenters. The maximum atomic E-state index is 12.3. The monoisotopic (exact) mass is 377 g/mol. The first-order valence-corrected chi connectivity index (χ1v) is 8.01. The van der Waals surface area contributed by atoms with E-state index in [4.69, 9.17) is 34.8 Å². The summed E-state index contributed by atoms with van der Waals surface area (Å²) >= 11 is 17.9. The third-order valence-electron chi connectivity index (χ3n) is 3.20. The van der Waals surface area contributed by atoms with E-state index < -0.39 is 5.91 Å². The van der Waals surface area contributed by atoms with Crippen LogP contribution in [-0.4, -0.2) is 15.9 Å². The molecule has 0 spiro atoms. The van der Waals surface area contributed by atoms with E-state index >= 15 is 0 Å². The van der Waals surface area contributed by atoms with Crippen LogP contribution in [0.2, 0.25) is 15.1 Å². The van der Waals surface area contributed by atoms with E-state index in [2.05, 4.69) is 15.3 Å². The van der Waals surface area contributed by atoms with Crippen molar-refractivity contribution in [2.75, 3.05) is 5.32 Å². The molecule has 1 heterocycles. The number of anilines is 1. The van der Waals surface area contributed by atoms with E-state index in [1.807, 2.05) is 30.3 Å². The van der Waals surface area contributed by atoms with Gasteiger partial charge < -0.3 is 5.32 Å². The van der Waals surface area contributed by atoms with Gasteiger partial charge in [0.25, 0.3) is 5.91 Å². The second-order valence-corrected chi connectivity index (χ2v) is 6.08. The molecule has 3 aromatic rings. The number of aromatic nitrogens is 2. The van der Waals surface area contributed by atoms with Gasteiger partial charge in [-0.2, -0.15) is 0 Å². The molecule has 7 heteroatoms. The van der Waals surface area contributed by atoms with Gasteiger partial charge in [0.1, 0.15) is 0 Å². The summed E-state index contributed by atoms with van der Waals surface area (Å²) in [7, 11) is 0. The van der Waals surface area contributed by atoms with Crippen molar-refractivity contribution in [2.45, 2.75) is 0 Å². The highest BCUT2D eigenvalue weighted by Crippen LogP contribution is 2.32. The summed E-state index contributed by atoms with van der Waals surface area (Å²) in [5.41, 5.74) is 1.54. The number of halogens is 3. The van der Waals surface area contributed by atoms with Crippen molar-refractivity contribution in [3.05, 3.63) is 75.5 Å². The minimum atomic E-state index is -0.394. The molecule has 4 nitrogen and oxygen atoms in total. The lowest BCUT2D eigenvalue weighted by Gasteiger charge is -2.09. The normalized spacial score (nSPS) is 10.5. The summed E-state index contributed by atoms with van der Waals surface area (Å²) in [5.74, 6) is 0.148. The maximum absolute atomic E-state index is 12.3. The molecule has 0 radical (unpaired) electrons. The minimum Gasteiger partial charge on any atom is -0.320 e. The number of carbonyl (C=O) groups excluding carboxylic acids is 1. The Morgan fingerprint density at radius 3 is 2.17 bits per heavy atom. The van der Waals surface area contributed by atoms with Crippen LogP contribution < -0.4 is 5.32 Å². The summed E-state index contributed by atoms with van der Waals surface area (Å²) in [6.07, 6.45) is 2.91. The van der Waals surface area contributed by atoms with Gasteiger partial charge in [-0.3, -0.25) is 4.79 Å². The van der Waals surface area contributed by atoms with Gasteiger partial charge in [0.15, 0.2) is 5.82 Å². The van der Waals surface area contributed by atoms with Gasteiger partial charge >= 0.3 is 0 Å². The van der Waals surface area contributed by atoms with Crippen LogP contribution in [0.5, 0.6) is 0 Å². The molecule has 0 atom stereocenters. The molecule has 2 aromatic carbocycles. The first kappa shape index (κ1) is 16.7. The molecule has 0 aliphatic heterocycles. The fourth-order valence-corrected chi connectivity index (χ4v) is 2.59. The van der Waals surface area contributed by atoms with Crippen LogP contribution in [0.4, 0.5) is 5.69 Å². The second-order valence-electron chi connectivity index (χ2n) is 4.86. The number of hydrogen-bond acceptors (Lipinski definition) is 3. The smallest absolute Gasteiger partial charge is 0.258 e. The minimum absolute atomic E-state index is 0.291. The second kappa shape index (κ2) is 7.18. The Hall–Kier alpha value is -2.14. The number of nitrogens with zero attached hydrogens (tertiary/aromatic N) is 2. The maximum Gasteiger partial charge on any atom is 0.258 e. The van der Waals surface area contributed by atoms with Gasteiger partial charge in [0.2, 0.25) is 0 Å². The standard InChI is InChI=1S/C17H10Cl3N3O/c18-12-6-14(20)15(7-13(12)19)23-17(24)11-8-21-16(22-9-11)10-4-2-1-3-5-10/h1-9H,(H,23,24). The Bertz CT molecular complexity index is 884. The number of rotatable bonds is 3. The van der Waals surface area contributed by atoms with E-state index in [0.717, 1.165) is 5.56 Å². The average molecular weight is 379 g/mol.